The molecule has 2 N–H and O–H groups in total. The lowest BCUT2D eigenvalue weighted by Gasteiger charge is -2.30. The first kappa shape index (κ1) is 23.8. The van der Waals surface area contributed by atoms with Crippen LogP contribution in [-0.2, 0) is 6.42 Å². The molecule has 2 amide bonds. The Morgan fingerprint density at radius 3 is 2.34 bits per heavy atom. The van der Waals surface area contributed by atoms with Gasteiger partial charge >= 0.3 is 0 Å². The molecule has 0 radical (unpaired) electrons. The van der Waals surface area contributed by atoms with Gasteiger partial charge in [0.25, 0.3) is 11.8 Å². The van der Waals surface area contributed by atoms with Gasteiger partial charge in [-0.2, -0.15) is 0 Å². The summed E-state index contributed by atoms with van der Waals surface area (Å²) in [5.41, 5.74) is 4.00. The van der Waals surface area contributed by atoms with Crippen molar-refractivity contribution in [3.8, 4) is 0 Å². The second-order valence-corrected chi connectivity index (χ2v) is 8.70. The van der Waals surface area contributed by atoms with Gasteiger partial charge in [-0.05, 0) is 88.6 Å². The molecule has 6 heteroatoms. The summed E-state index contributed by atoms with van der Waals surface area (Å²) in [5.74, 6) is -0.261. The van der Waals surface area contributed by atoms with Gasteiger partial charge in [0.15, 0.2) is 0 Å². The van der Waals surface area contributed by atoms with Gasteiger partial charge in [0.05, 0.1) is 5.56 Å². The number of carbonyl (C=O) groups excluding carboxylic acids is 2. The van der Waals surface area contributed by atoms with E-state index in [1.807, 2.05) is 56.6 Å². The van der Waals surface area contributed by atoms with Crippen molar-refractivity contribution in [2.24, 2.45) is 0 Å². The molecule has 0 spiro atoms. The molecule has 0 aliphatic carbocycles. The Morgan fingerprint density at radius 2 is 1.69 bits per heavy atom. The number of carbonyl (C=O) groups is 2. The van der Waals surface area contributed by atoms with E-state index in [1.54, 1.807) is 0 Å². The van der Waals surface area contributed by atoms with Gasteiger partial charge in [-0.25, -0.2) is 0 Å². The minimum atomic E-state index is -0.171. The topological polar surface area (TPSA) is 64.7 Å². The molecular weight excluding hydrogens is 400 g/mol. The number of hydrogen-bond donors (Lipinski definition) is 2. The number of benzene rings is 2. The standard InChI is InChI=1S/C26H36N4O2/c1-4-20-9-11-21(12-10-20)25(31)28-22-13-14-24(30-17-6-5-7-18-30)23(19-22)26(32)27-15-8-16-29(2)3/h9-14,19H,4-8,15-18H2,1-3H3,(H,27,32)(H,28,31). The van der Waals surface area contributed by atoms with Gasteiger partial charge in [-0.15, -0.1) is 0 Å². The zero-order valence-electron chi connectivity index (χ0n) is 19.6. The largest absolute Gasteiger partial charge is 0.371 e. The predicted molar refractivity (Wildman–Crippen MR) is 132 cm³/mol. The minimum absolute atomic E-state index is 0.0901. The second-order valence-electron chi connectivity index (χ2n) is 8.70. The highest BCUT2D eigenvalue weighted by atomic mass is 16.2. The Morgan fingerprint density at radius 1 is 0.969 bits per heavy atom. The summed E-state index contributed by atoms with van der Waals surface area (Å²) in [4.78, 5) is 30.2. The average Bonchev–Trinajstić information content (AvgIpc) is 2.82. The summed E-state index contributed by atoms with van der Waals surface area (Å²) in [7, 11) is 4.05. The summed E-state index contributed by atoms with van der Waals surface area (Å²) < 4.78 is 0. The molecule has 1 saturated heterocycles. The molecule has 1 aliphatic heterocycles. The second kappa shape index (κ2) is 11.7. The zero-order valence-corrected chi connectivity index (χ0v) is 19.6. The molecule has 32 heavy (non-hydrogen) atoms. The van der Waals surface area contributed by atoms with Crippen LogP contribution >= 0.6 is 0 Å². The first-order valence-corrected chi connectivity index (χ1v) is 11.7. The van der Waals surface area contributed by atoms with Crippen LogP contribution in [0.5, 0.6) is 0 Å². The molecule has 6 nitrogen and oxygen atoms in total. The van der Waals surface area contributed by atoms with Crippen LogP contribution in [0.1, 0.15) is 58.9 Å². The molecule has 2 aromatic carbocycles. The number of piperidine rings is 1. The van der Waals surface area contributed by atoms with Crippen molar-refractivity contribution in [3.05, 3.63) is 59.2 Å². The Kier molecular flexibility index (Phi) is 8.68. The molecule has 0 aromatic heterocycles. The normalized spacial score (nSPS) is 13.8. The number of nitrogens with one attached hydrogen (secondary N) is 2. The summed E-state index contributed by atoms with van der Waals surface area (Å²) in [6.07, 6.45) is 5.33. The lowest BCUT2D eigenvalue weighted by Crippen LogP contribution is -2.33. The van der Waals surface area contributed by atoms with Gasteiger partial charge in [0.2, 0.25) is 0 Å². The summed E-state index contributed by atoms with van der Waals surface area (Å²) in [6, 6.07) is 13.3. The third-order valence-electron chi connectivity index (χ3n) is 5.89. The molecule has 0 unspecified atom stereocenters. The smallest absolute Gasteiger partial charge is 0.255 e. The number of anilines is 2. The molecule has 0 atom stereocenters. The van der Waals surface area contributed by atoms with Crippen LogP contribution < -0.4 is 15.5 Å². The van der Waals surface area contributed by atoms with Crippen LogP contribution in [0, 0.1) is 0 Å². The quantitative estimate of drug-likeness (QED) is 0.579. The van der Waals surface area contributed by atoms with Gasteiger partial charge in [0.1, 0.15) is 0 Å². The fraction of sp³-hybridized carbons (Fsp3) is 0.462. The van der Waals surface area contributed by atoms with Crippen LogP contribution in [0.25, 0.3) is 0 Å². The van der Waals surface area contributed by atoms with E-state index in [0.717, 1.165) is 51.0 Å². The molecule has 1 aliphatic rings. The summed E-state index contributed by atoms with van der Waals surface area (Å²) in [6.45, 7) is 5.54. The predicted octanol–water partition coefficient (Wildman–Crippen LogP) is 4.17. The molecule has 1 heterocycles. The maximum atomic E-state index is 13.1. The van der Waals surface area contributed by atoms with E-state index in [1.165, 1.54) is 12.0 Å². The van der Waals surface area contributed by atoms with Crippen molar-refractivity contribution in [1.82, 2.24) is 10.2 Å². The molecule has 172 valence electrons. The number of amides is 2. The maximum absolute atomic E-state index is 13.1. The Hall–Kier alpha value is -2.86. The minimum Gasteiger partial charge on any atom is -0.371 e. The number of hydrogen-bond acceptors (Lipinski definition) is 4. The highest BCUT2D eigenvalue weighted by molar-refractivity contribution is 6.06. The van der Waals surface area contributed by atoms with Crippen LogP contribution in [0.3, 0.4) is 0 Å². The summed E-state index contributed by atoms with van der Waals surface area (Å²) in [5, 5.41) is 6.01. The van der Waals surface area contributed by atoms with E-state index < -0.39 is 0 Å². The van der Waals surface area contributed by atoms with Gasteiger partial charge < -0.3 is 20.4 Å². The van der Waals surface area contributed by atoms with Crippen molar-refractivity contribution in [1.29, 1.82) is 0 Å². The van der Waals surface area contributed by atoms with Crippen molar-refractivity contribution in [2.45, 2.75) is 39.0 Å². The van der Waals surface area contributed by atoms with Crippen molar-refractivity contribution >= 4 is 23.2 Å². The van der Waals surface area contributed by atoms with E-state index in [4.69, 9.17) is 0 Å². The fourth-order valence-electron chi connectivity index (χ4n) is 3.99. The van der Waals surface area contributed by atoms with Crippen molar-refractivity contribution in [3.63, 3.8) is 0 Å². The lowest BCUT2D eigenvalue weighted by atomic mass is 10.1. The molecule has 2 aromatic rings. The highest BCUT2D eigenvalue weighted by Crippen LogP contribution is 2.27. The Balaban J connectivity index is 1.77. The van der Waals surface area contributed by atoms with Crippen LogP contribution in [0.4, 0.5) is 11.4 Å². The summed E-state index contributed by atoms with van der Waals surface area (Å²) >= 11 is 0. The van der Waals surface area contributed by atoms with Gasteiger partial charge in [0, 0.05) is 36.6 Å². The molecule has 1 fully saturated rings. The van der Waals surface area contributed by atoms with Gasteiger partial charge in [-0.3, -0.25) is 9.59 Å². The average molecular weight is 437 g/mol. The molecular formula is C26H36N4O2. The Labute approximate surface area is 192 Å². The Bertz CT molecular complexity index is 903. The zero-order chi connectivity index (χ0) is 22.9. The van der Waals surface area contributed by atoms with E-state index in [0.29, 0.717) is 23.4 Å². The first-order valence-electron chi connectivity index (χ1n) is 11.7. The van der Waals surface area contributed by atoms with Crippen molar-refractivity contribution < 1.29 is 9.59 Å². The van der Waals surface area contributed by atoms with E-state index in [-0.39, 0.29) is 11.8 Å². The van der Waals surface area contributed by atoms with Gasteiger partial charge in [-0.1, -0.05) is 19.1 Å². The lowest BCUT2D eigenvalue weighted by molar-refractivity contribution is 0.0951. The molecule has 0 bridgehead atoms. The van der Waals surface area contributed by atoms with Crippen LogP contribution in [0.2, 0.25) is 0 Å². The molecule has 3 rings (SSSR count). The third kappa shape index (κ3) is 6.57. The third-order valence-corrected chi connectivity index (χ3v) is 5.89. The van der Waals surface area contributed by atoms with E-state index in [2.05, 4.69) is 27.4 Å². The fourth-order valence-corrected chi connectivity index (χ4v) is 3.99. The van der Waals surface area contributed by atoms with Crippen molar-refractivity contribution in [2.75, 3.05) is 50.5 Å². The monoisotopic (exact) mass is 436 g/mol. The number of rotatable bonds is 9. The number of nitrogens with zero attached hydrogens (tertiary/aromatic N) is 2. The number of aryl methyl sites for hydroxylation is 1. The molecule has 0 saturated carbocycles. The highest BCUT2D eigenvalue weighted by Gasteiger charge is 2.20. The SMILES string of the molecule is CCc1ccc(C(=O)Nc2ccc(N3CCCCC3)c(C(=O)NCCCN(C)C)c2)cc1. The van der Waals surface area contributed by atoms with Crippen LogP contribution in [-0.4, -0.2) is 57.0 Å². The first-order chi connectivity index (χ1) is 15.5. The van der Waals surface area contributed by atoms with Crippen LogP contribution in [0.15, 0.2) is 42.5 Å². The van der Waals surface area contributed by atoms with E-state index >= 15 is 0 Å². The maximum Gasteiger partial charge on any atom is 0.255 e. The van der Waals surface area contributed by atoms with E-state index in [9.17, 15) is 9.59 Å².